The zero-order valence-electron chi connectivity index (χ0n) is 7.93. The minimum absolute atomic E-state index is 0.113. The van der Waals surface area contributed by atoms with Gasteiger partial charge in [-0.05, 0) is 17.2 Å². The number of aliphatic hydroxyl groups is 1. The average Bonchev–Trinajstić information content (AvgIpc) is 2.67. The molecule has 0 aliphatic carbocycles. The van der Waals surface area contributed by atoms with E-state index in [1.807, 2.05) is 36.7 Å². The number of aromatic nitrogens is 1. The van der Waals surface area contributed by atoms with Crippen LogP contribution in [0.1, 0.15) is 11.1 Å². The Bertz CT molecular complexity index is 392. The lowest BCUT2D eigenvalue weighted by molar-refractivity contribution is 0.282. The molecule has 0 saturated carbocycles. The van der Waals surface area contributed by atoms with Gasteiger partial charge in [0.25, 0.3) is 0 Å². The molecule has 1 aromatic heterocycles. The molecule has 0 aliphatic heterocycles. The second-order valence-electron chi connectivity index (χ2n) is 3.34. The van der Waals surface area contributed by atoms with Crippen molar-refractivity contribution in [3.8, 4) is 0 Å². The summed E-state index contributed by atoms with van der Waals surface area (Å²) in [5, 5.41) is 8.90. The molecule has 0 atom stereocenters. The first-order valence-electron chi connectivity index (χ1n) is 4.68. The SMILES string of the molecule is OCc1ccn(Cc2ccccc2)c1. The van der Waals surface area contributed by atoms with Crippen LogP contribution in [0.3, 0.4) is 0 Å². The minimum Gasteiger partial charge on any atom is -0.392 e. The summed E-state index contributed by atoms with van der Waals surface area (Å²) < 4.78 is 2.07. The van der Waals surface area contributed by atoms with Gasteiger partial charge >= 0.3 is 0 Å². The summed E-state index contributed by atoms with van der Waals surface area (Å²) in [4.78, 5) is 0. The standard InChI is InChI=1S/C12H13NO/c14-10-12-6-7-13(9-12)8-11-4-2-1-3-5-11/h1-7,9,14H,8,10H2. The van der Waals surface area contributed by atoms with Gasteiger partial charge in [0.15, 0.2) is 0 Å². The molecular weight excluding hydrogens is 174 g/mol. The predicted octanol–water partition coefficient (Wildman–Crippen LogP) is 2.03. The average molecular weight is 187 g/mol. The molecule has 2 nitrogen and oxygen atoms in total. The van der Waals surface area contributed by atoms with E-state index < -0.39 is 0 Å². The number of hydrogen-bond donors (Lipinski definition) is 1. The summed E-state index contributed by atoms with van der Waals surface area (Å²) in [6.45, 7) is 0.975. The number of nitrogens with zero attached hydrogens (tertiary/aromatic N) is 1. The molecule has 0 saturated heterocycles. The summed E-state index contributed by atoms with van der Waals surface area (Å²) >= 11 is 0. The van der Waals surface area contributed by atoms with Gasteiger partial charge in [0.1, 0.15) is 0 Å². The molecular formula is C12H13NO. The predicted molar refractivity (Wildman–Crippen MR) is 55.9 cm³/mol. The van der Waals surface area contributed by atoms with Gasteiger partial charge in [-0.15, -0.1) is 0 Å². The Labute approximate surface area is 83.4 Å². The van der Waals surface area contributed by atoms with E-state index in [2.05, 4.69) is 16.7 Å². The topological polar surface area (TPSA) is 25.2 Å². The Morgan fingerprint density at radius 3 is 2.43 bits per heavy atom. The molecule has 1 aromatic carbocycles. The first-order valence-corrected chi connectivity index (χ1v) is 4.68. The molecule has 72 valence electrons. The van der Waals surface area contributed by atoms with Crippen LogP contribution in [0.5, 0.6) is 0 Å². The van der Waals surface area contributed by atoms with E-state index >= 15 is 0 Å². The van der Waals surface area contributed by atoms with Crippen molar-refractivity contribution in [2.45, 2.75) is 13.2 Å². The van der Waals surface area contributed by atoms with Crippen LogP contribution >= 0.6 is 0 Å². The number of benzene rings is 1. The van der Waals surface area contributed by atoms with Crippen molar-refractivity contribution < 1.29 is 5.11 Å². The molecule has 0 spiro atoms. The van der Waals surface area contributed by atoms with Crippen LogP contribution in [0, 0.1) is 0 Å². The van der Waals surface area contributed by atoms with Gasteiger partial charge in [0.05, 0.1) is 6.61 Å². The van der Waals surface area contributed by atoms with Crippen molar-refractivity contribution in [2.75, 3.05) is 0 Å². The van der Waals surface area contributed by atoms with Gasteiger partial charge in [-0.3, -0.25) is 0 Å². The molecule has 0 amide bonds. The summed E-state index contributed by atoms with van der Waals surface area (Å²) in [6.07, 6.45) is 3.95. The van der Waals surface area contributed by atoms with Crippen LogP contribution in [0.4, 0.5) is 0 Å². The summed E-state index contributed by atoms with van der Waals surface area (Å²) in [5.74, 6) is 0. The molecule has 0 aliphatic rings. The Hall–Kier alpha value is -1.54. The Morgan fingerprint density at radius 1 is 1.00 bits per heavy atom. The third-order valence-electron chi connectivity index (χ3n) is 2.20. The molecule has 0 radical (unpaired) electrons. The molecule has 1 N–H and O–H groups in total. The van der Waals surface area contributed by atoms with Gasteiger partial charge < -0.3 is 9.67 Å². The lowest BCUT2D eigenvalue weighted by Gasteiger charge is -2.01. The van der Waals surface area contributed by atoms with Gasteiger partial charge in [0, 0.05) is 18.9 Å². The van der Waals surface area contributed by atoms with Crippen molar-refractivity contribution in [2.24, 2.45) is 0 Å². The third kappa shape index (κ3) is 2.03. The molecule has 1 heterocycles. The zero-order valence-corrected chi connectivity index (χ0v) is 7.93. The molecule has 14 heavy (non-hydrogen) atoms. The van der Waals surface area contributed by atoms with E-state index in [9.17, 15) is 0 Å². The summed E-state index contributed by atoms with van der Waals surface area (Å²) in [7, 11) is 0. The summed E-state index contributed by atoms with van der Waals surface area (Å²) in [6, 6.07) is 12.2. The molecule has 0 bridgehead atoms. The molecule has 2 rings (SSSR count). The van der Waals surface area contributed by atoms with Crippen molar-refractivity contribution in [1.29, 1.82) is 0 Å². The number of rotatable bonds is 3. The fourth-order valence-corrected chi connectivity index (χ4v) is 1.48. The first-order chi connectivity index (χ1) is 6.88. The van der Waals surface area contributed by atoms with E-state index in [4.69, 9.17) is 5.11 Å². The van der Waals surface area contributed by atoms with Crippen molar-refractivity contribution in [3.63, 3.8) is 0 Å². The van der Waals surface area contributed by atoms with E-state index in [1.165, 1.54) is 5.56 Å². The largest absolute Gasteiger partial charge is 0.392 e. The van der Waals surface area contributed by atoms with E-state index in [-0.39, 0.29) is 6.61 Å². The van der Waals surface area contributed by atoms with Crippen LogP contribution in [0.25, 0.3) is 0 Å². The highest BCUT2D eigenvalue weighted by Gasteiger charge is 1.96. The van der Waals surface area contributed by atoms with E-state index in [0.717, 1.165) is 12.1 Å². The number of aliphatic hydroxyl groups excluding tert-OH is 1. The Balaban J connectivity index is 2.11. The highest BCUT2D eigenvalue weighted by atomic mass is 16.3. The quantitative estimate of drug-likeness (QED) is 0.781. The maximum absolute atomic E-state index is 8.90. The third-order valence-corrected chi connectivity index (χ3v) is 2.20. The second kappa shape index (κ2) is 4.11. The van der Waals surface area contributed by atoms with Crippen molar-refractivity contribution in [1.82, 2.24) is 4.57 Å². The summed E-state index contributed by atoms with van der Waals surface area (Å²) in [5.41, 5.74) is 2.23. The molecule has 0 fully saturated rings. The lowest BCUT2D eigenvalue weighted by Crippen LogP contribution is -1.95. The van der Waals surface area contributed by atoms with Crippen molar-refractivity contribution >= 4 is 0 Å². The fourth-order valence-electron chi connectivity index (χ4n) is 1.48. The van der Waals surface area contributed by atoms with Crippen LogP contribution < -0.4 is 0 Å². The van der Waals surface area contributed by atoms with Crippen LogP contribution in [0.2, 0.25) is 0 Å². The van der Waals surface area contributed by atoms with Crippen LogP contribution in [-0.2, 0) is 13.2 Å². The van der Waals surface area contributed by atoms with Gasteiger partial charge in [-0.2, -0.15) is 0 Å². The molecule has 0 unspecified atom stereocenters. The van der Waals surface area contributed by atoms with Gasteiger partial charge in [-0.1, -0.05) is 30.3 Å². The minimum atomic E-state index is 0.113. The fraction of sp³-hybridized carbons (Fsp3) is 0.167. The Kier molecular flexibility index (Phi) is 2.65. The molecule has 2 aromatic rings. The van der Waals surface area contributed by atoms with E-state index in [0.29, 0.717) is 0 Å². The lowest BCUT2D eigenvalue weighted by atomic mass is 10.2. The Morgan fingerprint density at radius 2 is 1.79 bits per heavy atom. The number of hydrogen-bond acceptors (Lipinski definition) is 1. The first kappa shape index (κ1) is 9.03. The maximum Gasteiger partial charge on any atom is 0.0696 e. The van der Waals surface area contributed by atoms with Crippen LogP contribution in [0.15, 0.2) is 48.8 Å². The van der Waals surface area contributed by atoms with Crippen LogP contribution in [-0.4, -0.2) is 9.67 Å². The van der Waals surface area contributed by atoms with Gasteiger partial charge in [0.2, 0.25) is 0 Å². The second-order valence-corrected chi connectivity index (χ2v) is 3.34. The highest BCUT2D eigenvalue weighted by Crippen LogP contribution is 2.05. The van der Waals surface area contributed by atoms with Crippen molar-refractivity contribution in [3.05, 3.63) is 59.9 Å². The monoisotopic (exact) mass is 187 g/mol. The maximum atomic E-state index is 8.90. The zero-order chi connectivity index (χ0) is 9.80. The molecule has 2 heteroatoms. The normalized spacial score (nSPS) is 10.4. The van der Waals surface area contributed by atoms with Gasteiger partial charge in [-0.25, -0.2) is 0 Å². The smallest absolute Gasteiger partial charge is 0.0696 e. The highest BCUT2D eigenvalue weighted by molar-refractivity contribution is 5.17. The van der Waals surface area contributed by atoms with E-state index in [1.54, 1.807) is 0 Å².